The van der Waals surface area contributed by atoms with E-state index in [1.54, 1.807) is 12.1 Å². The Labute approximate surface area is 130 Å². The summed E-state index contributed by atoms with van der Waals surface area (Å²) in [5.74, 6) is 0.439. The summed E-state index contributed by atoms with van der Waals surface area (Å²) in [6, 6.07) is 6.03. The molecule has 22 heavy (non-hydrogen) atoms. The molecule has 0 aromatic heterocycles. The second-order valence-electron chi connectivity index (χ2n) is 5.91. The quantitative estimate of drug-likeness (QED) is 0.497. The number of nitrogens with one attached hydrogen (secondary N) is 1. The van der Waals surface area contributed by atoms with Gasteiger partial charge in [0.2, 0.25) is 0 Å². The van der Waals surface area contributed by atoms with Crippen LogP contribution in [0.3, 0.4) is 0 Å². The van der Waals surface area contributed by atoms with Crippen molar-refractivity contribution in [3.63, 3.8) is 0 Å². The second kappa shape index (κ2) is 7.89. The van der Waals surface area contributed by atoms with Gasteiger partial charge in [-0.15, -0.1) is 0 Å². The Hall–Kier alpha value is -1.95. The van der Waals surface area contributed by atoms with Crippen LogP contribution in [0.25, 0.3) is 0 Å². The standard InChI is InChI=1S/C16H23N3O3/c1-13-7-11-18(12-8-13)10-4-9-17-16(20)14-5-2-3-6-15(14)19(21)22/h2-3,5-6,13H,4,7-12H2,1H3,(H,17,20). The fourth-order valence-electron chi connectivity index (χ4n) is 2.71. The third-order valence-corrected chi connectivity index (χ3v) is 4.16. The van der Waals surface area contributed by atoms with Crippen LogP contribution in [0.15, 0.2) is 24.3 Å². The van der Waals surface area contributed by atoms with E-state index in [9.17, 15) is 14.9 Å². The van der Waals surface area contributed by atoms with Crippen molar-refractivity contribution in [2.75, 3.05) is 26.2 Å². The van der Waals surface area contributed by atoms with Crippen molar-refractivity contribution in [3.05, 3.63) is 39.9 Å². The van der Waals surface area contributed by atoms with Gasteiger partial charge in [-0.05, 0) is 50.9 Å². The highest BCUT2D eigenvalue weighted by Crippen LogP contribution is 2.17. The summed E-state index contributed by atoms with van der Waals surface area (Å²) < 4.78 is 0. The van der Waals surface area contributed by atoms with Gasteiger partial charge >= 0.3 is 0 Å². The molecule has 2 rings (SSSR count). The lowest BCUT2D eigenvalue weighted by atomic mass is 9.99. The van der Waals surface area contributed by atoms with Crippen molar-refractivity contribution in [2.45, 2.75) is 26.2 Å². The molecule has 1 aromatic rings. The first-order chi connectivity index (χ1) is 10.6. The van der Waals surface area contributed by atoms with E-state index in [0.717, 1.165) is 32.0 Å². The molecule has 1 N–H and O–H groups in total. The lowest BCUT2D eigenvalue weighted by Crippen LogP contribution is -2.35. The molecule has 1 aliphatic rings. The van der Waals surface area contributed by atoms with Crippen LogP contribution >= 0.6 is 0 Å². The number of nitrogens with zero attached hydrogens (tertiary/aromatic N) is 2. The second-order valence-corrected chi connectivity index (χ2v) is 5.91. The van der Waals surface area contributed by atoms with Gasteiger partial charge in [-0.3, -0.25) is 14.9 Å². The Balaban J connectivity index is 1.75. The first-order valence-electron chi connectivity index (χ1n) is 7.82. The van der Waals surface area contributed by atoms with Crippen molar-refractivity contribution >= 4 is 11.6 Å². The number of carbonyl (C=O) groups is 1. The van der Waals surface area contributed by atoms with E-state index in [1.807, 2.05) is 0 Å². The van der Waals surface area contributed by atoms with Crippen LogP contribution in [-0.2, 0) is 0 Å². The van der Waals surface area contributed by atoms with Gasteiger partial charge in [0, 0.05) is 12.6 Å². The average Bonchev–Trinajstić information content (AvgIpc) is 2.53. The third-order valence-electron chi connectivity index (χ3n) is 4.16. The molecule has 0 saturated carbocycles. The highest BCUT2D eigenvalue weighted by Gasteiger charge is 2.19. The number of carbonyl (C=O) groups excluding carboxylic acids is 1. The summed E-state index contributed by atoms with van der Waals surface area (Å²) in [7, 11) is 0. The Morgan fingerprint density at radius 3 is 2.73 bits per heavy atom. The molecule has 0 radical (unpaired) electrons. The van der Waals surface area contributed by atoms with E-state index in [2.05, 4.69) is 17.1 Å². The minimum Gasteiger partial charge on any atom is -0.352 e. The third kappa shape index (κ3) is 4.53. The minimum absolute atomic E-state index is 0.124. The van der Waals surface area contributed by atoms with Crippen molar-refractivity contribution in [1.29, 1.82) is 0 Å². The molecule has 0 unspecified atom stereocenters. The fourth-order valence-corrected chi connectivity index (χ4v) is 2.71. The van der Waals surface area contributed by atoms with E-state index >= 15 is 0 Å². The van der Waals surface area contributed by atoms with Crippen LogP contribution in [0.4, 0.5) is 5.69 Å². The van der Waals surface area contributed by atoms with Crippen molar-refractivity contribution in [2.24, 2.45) is 5.92 Å². The lowest BCUT2D eigenvalue weighted by molar-refractivity contribution is -0.385. The van der Waals surface area contributed by atoms with Gasteiger partial charge in [-0.2, -0.15) is 0 Å². The van der Waals surface area contributed by atoms with E-state index in [1.165, 1.54) is 25.0 Å². The predicted molar refractivity (Wildman–Crippen MR) is 84.9 cm³/mol. The zero-order valence-electron chi connectivity index (χ0n) is 13.0. The molecule has 1 fully saturated rings. The van der Waals surface area contributed by atoms with Crippen molar-refractivity contribution in [1.82, 2.24) is 10.2 Å². The van der Waals surface area contributed by atoms with Crippen molar-refractivity contribution < 1.29 is 9.72 Å². The molecule has 1 aromatic carbocycles. The molecule has 1 saturated heterocycles. The maximum Gasteiger partial charge on any atom is 0.282 e. The maximum atomic E-state index is 12.0. The molecule has 0 atom stereocenters. The molecule has 6 heteroatoms. The number of hydrogen-bond acceptors (Lipinski definition) is 4. The molecule has 0 bridgehead atoms. The molecular formula is C16H23N3O3. The summed E-state index contributed by atoms with van der Waals surface area (Å²) in [4.78, 5) is 24.8. The average molecular weight is 305 g/mol. The first-order valence-corrected chi connectivity index (χ1v) is 7.82. The van der Waals surface area contributed by atoms with Crippen LogP contribution < -0.4 is 5.32 Å². The molecule has 0 aliphatic carbocycles. The van der Waals surface area contributed by atoms with E-state index in [0.29, 0.717) is 6.54 Å². The molecule has 6 nitrogen and oxygen atoms in total. The first kappa shape index (κ1) is 16.4. The SMILES string of the molecule is CC1CCN(CCCNC(=O)c2ccccc2[N+](=O)[O-])CC1. The van der Waals surface area contributed by atoms with Crippen molar-refractivity contribution in [3.8, 4) is 0 Å². The fraction of sp³-hybridized carbons (Fsp3) is 0.562. The minimum atomic E-state index is -0.524. The van der Waals surface area contributed by atoms with Crippen LogP contribution in [0.1, 0.15) is 36.5 Å². The van der Waals surface area contributed by atoms with Gasteiger partial charge in [0.15, 0.2) is 0 Å². The number of benzene rings is 1. The smallest absolute Gasteiger partial charge is 0.282 e. The molecular weight excluding hydrogens is 282 g/mol. The van der Waals surface area contributed by atoms with Gasteiger partial charge in [0.1, 0.15) is 5.56 Å². The molecule has 1 aliphatic heterocycles. The van der Waals surface area contributed by atoms with Gasteiger partial charge in [-0.1, -0.05) is 19.1 Å². The number of nitro benzene ring substituents is 1. The topological polar surface area (TPSA) is 75.5 Å². The number of amides is 1. The van der Waals surface area contributed by atoms with Gasteiger partial charge in [-0.25, -0.2) is 0 Å². The van der Waals surface area contributed by atoms with Gasteiger partial charge in [0.05, 0.1) is 4.92 Å². The van der Waals surface area contributed by atoms with Crippen LogP contribution in [0.5, 0.6) is 0 Å². The monoisotopic (exact) mass is 305 g/mol. The maximum absolute atomic E-state index is 12.0. The van der Waals surface area contributed by atoms with E-state index < -0.39 is 4.92 Å². The zero-order valence-corrected chi connectivity index (χ0v) is 13.0. The van der Waals surface area contributed by atoms with Crippen LogP contribution in [0.2, 0.25) is 0 Å². The van der Waals surface area contributed by atoms with Gasteiger partial charge < -0.3 is 10.2 Å². The molecule has 120 valence electrons. The largest absolute Gasteiger partial charge is 0.352 e. The normalized spacial score (nSPS) is 16.4. The highest BCUT2D eigenvalue weighted by atomic mass is 16.6. The molecule has 0 spiro atoms. The van der Waals surface area contributed by atoms with Gasteiger partial charge in [0.25, 0.3) is 11.6 Å². The van der Waals surface area contributed by atoms with Crippen LogP contribution in [0, 0.1) is 16.0 Å². The number of piperidine rings is 1. The van der Waals surface area contributed by atoms with E-state index in [4.69, 9.17) is 0 Å². The Morgan fingerprint density at radius 1 is 1.36 bits per heavy atom. The Bertz CT molecular complexity index is 525. The number of rotatable bonds is 6. The van der Waals surface area contributed by atoms with E-state index in [-0.39, 0.29) is 17.2 Å². The number of nitro groups is 1. The lowest BCUT2D eigenvalue weighted by Gasteiger charge is -2.30. The molecule has 1 amide bonds. The summed E-state index contributed by atoms with van der Waals surface area (Å²) in [6.07, 6.45) is 3.34. The Morgan fingerprint density at radius 2 is 2.05 bits per heavy atom. The number of likely N-dealkylation sites (tertiary alicyclic amines) is 1. The summed E-state index contributed by atoms with van der Waals surface area (Å²) in [6.45, 7) is 6.03. The summed E-state index contributed by atoms with van der Waals surface area (Å²) in [5.41, 5.74) is -0.0238. The number of hydrogen-bond donors (Lipinski definition) is 1. The predicted octanol–water partition coefficient (Wildman–Crippen LogP) is 2.45. The number of para-hydroxylation sites is 1. The summed E-state index contributed by atoms with van der Waals surface area (Å²) in [5, 5.41) is 13.7. The highest BCUT2D eigenvalue weighted by molar-refractivity contribution is 5.98. The summed E-state index contributed by atoms with van der Waals surface area (Å²) >= 11 is 0. The molecule has 1 heterocycles. The Kier molecular flexibility index (Phi) is 5.89. The van der Waals surface area contributed by atoms with Crippen LogP contribution in [-0.4, -0.2) is 41.9 Å². The zero-order chi connectivity index (χ0) is 15.9.